The number of anilines is 1. The van der Waals surface area contributed by atoms with Gasteiger partial charge in [-0.25, -0.2) is 9.50 Å². The van der Waals surface area contributed by atoms with Crippen molar-refractivity contribution in [1.82, 2.24) is 14.6 Å². The monoisotopic (exact) mass is 176 g/mol. The number of aromatic nitrogens is 3. The maximum absolute atomic E-state index is 4.46. The van der Waals surface area contributed by atoms with E-state index < -0.39 is 0 Å². The van der Waals surface area contributed by atoms with Crippen molar-refractivity contribution in [1.29, 1.82) is 0 Å². The van der Waals surface area contributed by atoms with Gasteiger partial charge in [-0.2, -0.15) is 5.10 Å². The summed E-state index contributed by atoms with van der Waals surface area (Å²) in [4.78, 5) is 4.46. The van der Waals surface area contributed by atoms with Crippen molar-refractivity contribution in [3.8, 4) is 0 Å². The number of rotatable bonds is 2. The van der Waals surface area contributed by atoms with Crippen molar-refractivity contribution in [3.05, 3.63) is 24.2 Å². The van der Waals surface area contributed by atoms with Crippen LogP contribution in [0.5, 0.6) is 0 Å². The summed E-state index contributed by atoms with van der Waals surface area (Å²) in [7, 11) is 1.87. The third-order valence-corrected chi connectivity index (χ3v) is 2.06. The van der Waals surface area contributed by atoms with E-state index in [0.29, 0.717) is 0 Å². The molecular weight excluding hydrogens is 164 g/mol. The molecule has 2 heterocycles. The molecule has 0 aliphatic heterocycles. The largest absolute Gasteiger partial charge is 0.384 e. The highest BCUT2D eigenvalue weighted by molar-refractivity contribution is 5.66. The molecule has 2 rings (SSSR count). The molecule has 0 unspecified atom stereocenters. The minimum Gasteiger partial charge on any atom is -0.384 e. The van der Waals surface area contributed by atoms with Gasteiger partial charge in [0.15, 0.2) is 5.65 Å². The highest BCUT2D eigenvalue weighted by atomic mass is 15.3. The summed E-state index contributed by atoms with van der Waals surface area (Å²) >= 11 is 0. The van der Waals surface area contributed by atoms with Gasteiger partial charge < -0.3 is 5.32 Å². The Balaban J connectivity index is 2.64. The van der Waals surface area contributed by atoms with Crippen molar-refractivity contribution in [3.63, 3.8) is 0 Å². The molecule has 0 aliphatic carbocycles. The molecule has 4 nitrogen and oxygen atoms in total. The lowest BCUT2D eigenvalue weighted by molar-refractivity contribution is 0.912. The molecule has 0 aliphatic rings. The fraction of sp³-hybridized carbons (Fsp3) is 0.333. The summed E-state index contributed by atoms with van der Waals surface area (Å²) in [6.07, 6.45) is 4.66. The van der Waals surface area contributed by atoms with E-state index >= 15 is 0 Å². The van der Waals surface area contributed by atoms with Crippen LogP contribution in [0.25, 0.3) is 5.65 Å². The van der Waals surface area contributed by atoms with E-state index in [1.165, 1.54) is 0 Å². The van der Waals surface area contributed by atoms with Crippen LogP contribution in [-0.4, -0.2) is 21.6 Å². The second kappa shape index (κ2) is 3.05. The van der Waals surface area contributed by atoms with Gasteiger partial charge in [-0.05, 0) is 12.5 Å². The minimum atomic E-state index is 0.891. The fourth-order valence-corrected chi connectivity index (χ4v) is 1.28. The van der Waals surface area contributed by atoms with Gasteiger partial charge in [-0.3, -0.25) is 0 Å². The molecule has 0 fully saturated rings. The molecule has 68 valence electrons. The quantitative estimate of drug-likeness (QED) is 0.750. The van der Waals surface area contributed by atoms with Gasteiger partial charge in [0.2, 0.25) is 0 Å². The van der Waals surface area contributed by atoms with E-state index in [9.17, 15) is 0 Å². The van der Waals surface area contributed by atoms with Crippen LogP contribution < -0.4 is 5.32 Å². The van der Waals surface area contributed by atoms with Crippen molar-refractivity contribution >= 4 is 11.3 Å². The average molecular weight is 176 g/mol. The van der Waals surface area contributed by atoms with Gasteiger partial charge in [-0.15, -0.1) is 0 Å². The first kappa shape index (κ1) is 8.04. The summed E-state index contributed by atoms with van der Waals surface area (Å²) in [5, 5.41) is 7.21. The molecule has 2 aromatic heterocycles. The Morgan fingerprint density at radius 1 is 1.54 bits per heavy atom. The molecule has 0 bridgehead atoms. The van der Waals surface area contributed by atoms with Gasteiger partial charge in [0.25, 0.3) is 0 Å². The molecule has 4 heteroatoms. The van der Waals surface area contributed by atoms with Crippen LogP contribution in [0.1, 0.15) is 12.6 Å². The molecule has 0 amide bonds. The first-order chi connectivity index (χ1) is 6.35. The van der Waals surface area contributed by atoms with Crippen LogP contribution in [0, 0.1) is 0 Å². The summed E-state index contributed by atoms with van der Waals surface area (Å²) in [5.41, 5.74) is 2.95. The lowest BCUT2D eigenvalue weighted by atomic mass is 10.3. The van der Waals surface area contributed by atoms with Crippen LogP contribution >= 0.6 is 0 Å². The summed E-state index contributed by atoms with van der Waals surface area (Å²) in [6, 6.07) is 1.99. The third kappa shape index (κ3) is 1.24. The Labute approximate surface area is 76.6 Å². The molecule has 13 heavy (non-hydrogen) atoms. The summed E-state index contributed by atoms with van der Waals surface area (Å²) in [6.45, 7) is 2.09. The van der Waals surface area contributed by atoms with Crippen molar-refractivity contribution < 1.29 is 0 Å². The summed E-state index contributed by atoms with van der Waals surface area (Å²) < 4.78 is 1.77. The highest BCUT2D eigenvalue weighted by Gasteiger charge is 2.03. The molecular formula is C9H12N4. The second-order valence-electron chi connectivity index (χ2n) is 2.85. The Bertz CT molecular complexity index is 418. The second-order valence-corrected chi connectivity index (χ2v) is 2.85. The number of nitrogens with zero attached hydrogens (tertiary/aromatic N) is 3. The van der Waals surface area contributed by atoms with E-state index in [-0.39, 0.29) is 0 Å². The normalized spacial score (nSPS) is 10.6. The summed E-state index contributed by atoms with van der Waals surface area (Å²) in [5.74, 6) is 0. The van der Waals surface area contributed by atoms with Crippen molar-refractivity contribution in [2.75, 3.05) is 12.4 Å². The van der Waals surface area contributed by atoms with Crippen LogP contribution in [0.3, 0.4) is 0 Å². The predicted octanol–water partition coefficient (Wildman–Crippen LogP) is 1.33. The van der Waals surface area contributed by atoms with Gasteiger partial charge in [0.1, 0.15) is 0 Å². The molecule has 2 aromatic rings. The Morgan fingerprint density at radius 3 is 3.08 bits per heavy atom. The number of hydrogen-bond acceptors (Lipinski definition) is 3. The zero-order valence-electron chi connectivity index (χ0n) is 7.78. The standard InChI is InChI=1S/C9H12N4/c1-3-7-4-5-13-9(12-7)8(10-2)6-11-13/h4-6,10H,3H2,1-2H3. The molecule has 0 atom stereocenters. The fourth-order valence-electron chi connectivity index (χ4n) is 1.28. The van der Waals surface area contributed by atoms with Crippen molar-refractivity contribution in [2.45, 2.75) is 13.3 Å². The molecule has 0 saturated heterocycles. The number of hydrogen-bond donors (Lipinski definition) is 1. The first-order valence-corrected chi connectivity index (χ1v) is 4.36. The van der Waals surface area contributed by atoms with Crippen LogP contribution in [0.4, 0.5) is 5.69 Å². The minimum absolute atomic E-state index is 0.891. The SMILES string of the molecule is CCc1ccn2ncc(NC)c2n1. The van der Waals surface area contributed by atoms with Crippen molar-refractivity contribution in [2.24, 2.45) is 0 Å². The van der Waals surface area contributed by atoms with E-state index in [0.717, 1.165) is 23.4 Å². The zero-order chi connectivity index (χ0) is 9.26. The van der Waals surface area contributed by atoms with E-state index in [4.69, 9.17) is 0 Å². The zero-order valence-corrected chi connectivity index (χ0v) is 7.78. The number of nitrogens with one attached hydrogen (secondary N) is 1. The first-order valence-electron chi connectivity index (χ1n) is 4.36. The smallest absolute Gasteiger partial charge is 0.178 e. The van der Waals surface area contributed by atoms with Crippen LogP contribution in [0.2, 0.25) is 0 Å². The van der Waals surface area contributed by atoms with Gasteiger partial charge >= 0.3 is 0 Å². The maximum Gasteiger partial charge on any atom is 0.178 e. The molecule has 0 spiro atoms. The van der Waals surface area contributed by atoms with E-state index in [1.54, 1.807) is 10.7 Å². The third-order valence-electron chi connectivity index (χ3n) is 2.06. The Kier molecular flexibility index (Phi) is 1.88. The van der Waals surface area contributed by atoms with Gasteiger partial charge in [0.05, 0.1) is 11.9 Å². The highest BCUT2D eigenvalue weighted by Crippen LogP contribution is 2.13. The molecule has 1 N–H and O–H groups in total. The topological polar surface area (TPSA) is 42.2 Å². The number of aryl methyl sites for hydroxylation is 1. The predicted molar refractivity (Wildman–Crippen MR) is 51.9 cm³/mol. The lowest BCUT2D eigenvalue weighted by Crippen LogP contribution is -1.95. The Morgan fingerprint density at radius 2 is 2.38 bits per heavy atom. The number of fused-ring (bicyclic) bond motifs is 1. The maximum atomic E-state index is 4.46. The molecule has 0 radical (unpaired) electrons. The molecule has 0 aromatic carbocycles. The van der Waals surface area contributed by atoms with Crippen LogP contribution in [-0.2, 0) is 6.42 Å². The Hall–Kier alpha value is -1.58. The average Bonchev–Trinajstić information content (AvgIpc) is 2.59. The lowest BCUT2D eigenvalue weighted by Gasteiger charge is -1.98. The van der Waals surface area contributed by atoms with Crippen LogP contribution in [0.15, 0.2) is 18.5 Å². The van der Waals surface area contributed by atoms with Gasteiger partial charge in [-0.1, -0.05) is 6.92 Å². The van der Waals surface area contributed by atoms with E-state index in [1.807, 2.05) is 19.3 Å². The van der Waals surface area contributed by atoms with E-state index in [2.05, 4.69) is 22.3 Å². The van der Waals surface area contributed by atoms with Gasteiger partial charge in [0, 0.05) is 18.9 Å². The molecule has 0 saturated carbocycles.